The zero-order valence-electron chi connectivity index (χ0n) is 13.1. The molecule has 1 amide bonds. The summed E-state index contributed by atoms with van der Waals surface area (Å²) >= 11 is 0. The van der Waals surface area contributed by atoms with Crippen molar-refractivity contribution in [3.05, 3.63) is 42.2 Å². The predicted octanol–water partition coefficient (Wildman–Crippen LogP) is 3.97. The van der Waals surface area contributed by atoms with Gasteiger partial charge in [-0.15, -0.1) is 0 Å². The predicted molar refractivity (Wildman–Crippen MR) is 87.4 cm³/mol. The highest BCUT2D eigenvalue weighted by Gasteiger charge is 2.33. The van der Waals surface area contributed by atoms with Gasteiger partial charge in [0.15, 0.2) is 0 Å². The van der Waals surface area contributed by atoms with Gasteiger partial charge in [-0.25, -0.2) is 4.98 Å². The van der Waals surface area contributed by atoms with Crippen LogP contribution in [0.3, 0.4) is 0 Å². The fourth-order valence-corrected chi connectivity index (χ4v) is 2.92. The van der Waals surface area contributed by atoms with Crippen molar-refractivity contribution in [2.45, 2.75) is 39.5 Å². The number of aromatic nitrogens is 2. The third kappa shape index (κ3) is 3.16. The topological polar surface area (TPSA) is 54.9 Å². The van der Waals surface area contributed by atoms with Crippen LogP contribution in [0.1, 0.15) is 38.2 Å². The number of anilines is 1. The summed E-state index contributed by atoms with van der Waals surface area (Å²) < 4.78 is 0. The number of rotatable bonds is 4. The van der Waals surface area contributed by atoms with Crippen molar-refractivity contribution in [3.63, 3.8) is 0 Å². The van der Waals surface area contributed by atoms with Gasteiger partial charge in [-0.2, -0.15) is 0 Å². The van der Waals surface area contributed by atoms with Gasteiger partial charge in [0.2, 0.25) is 5.91 Å². The van der Waals surface area contributed by atoms with Crippen LogP contribution in [0.25, 0.3) is 11.3 Å². The monoisotopic (exact) mass is 295 g/mol. The molecule has 0 unspecified atom stereocenters. The molecule has 0 aliphatic heterocycles. The van der Waals surface area contributed by atoms with Crippen LogP contribution < -0.4 is 5.32 Å². The summed E-state index contributed by atoms with van der Waals surface area (Å²) in [5.74, 6) is 0.643. The average molecular weight is 295 g/mol. The second-order valence-corrected chi connectivity index (χ2v) is 6.49. The second kappa shape index (κ2) is 5.87. The van der Waals surface area contributed by atoms with Gasteiger partial charge in [0.05, 0.1) is 5.69 Å². The molecule has 0 spiro atoms. The average Bonchev–Trinajstić information content (AvgIpc) is 2.48. The lowest BCUT2D eigenvalue weighted by molar-refractivity contribution is -0.119. The normalized spacial score (nSPS) is 15.9. The minimum Gasteiger partial charge on any atom is -0.311 e. The Hall–Kier alpha value is -2.23. The summed E-state index contributed by atoms with van der Waals surface area (Å²) in [5.41, 5.74) is 3.12. The highest BCUT2D eigenvalue weighted by molar-refractivity contribution is 5.91. The molecule has 2 aromatic rings. The molecule has 0 aromatic carbocycles. The third-order valence-corrected chi connectivity index (χ3v) is 4.46. The Morgan fingerprint density at radius 1 is 1.32 bits per heavy atom. The molecule has 1 saturated carbocycles. The van der Waals surface area contributed by atoms with Crippen molar-refractivity contribution in [1.82, 2.24) is 9.97 Å². The van der Waals surface area contributed by atoms with Crippen molar-refractivity contribution in [1.29, 1.82) is 0 Å². The first-order valence-electron chi connectivity index (χ1n) is 7.74. The minimum absolute atomic E-state index is 0.0468. The fourth-order valence-electron chi connectivity index (χ4n) is 2.92. The molecule has 4 nitrogen and oxygen atoms in total. The van der Waals surface area contributed by atoms with E-state index in [1.807, 2.05) is 31.2 Å². The van der Waals surface area contributed by atoms with Crippen molar-refractivity contribution in [2.75, 3.05) is 5.32 Å². The van der Waals surface area contributed by atoms with Gasteiger partial charge in [0, 0.05) is 24.4 Å². The van der Waals surface area contributed by atoms with Crippen molar-refractivity contribution >= 4 is 11.7 Å². The lowest BCUT2D eigenvalue weighted by atomic mass is 9.68. The van der Waals surface area contributed by atoms with Crippen molar-refractivity contribution < 1.29 is 4.79 Å². The van der Waals surface area contributed by atoms with E-state index in [0.29, 0.717) is 12.2 Å². The first-order valence-corrected chi connectivity index (χ1v) is 7.74. The van der Waals surface area contributed by atoms with E-state index in [4.69, 9.17) is 0 Å². The summed E-state index contributed by atoms with van der Waals surface area (Å²) in [4.78, 5) is 20.9. The van der Waals surface area contributed by atoms with Gasteiger partial charge in [0.25, 0.3) is 0 Å². The molecule has 1 N–H and O–H groups in total. The van der Waals surface area contributed by atoms with Crippen molar-refractivity contribution in [3.8, 4) is 11.3 Å². The molecule has 0 atom stereocenters. The van der Waals surface area contributed by atoms with E-state index in [1.165, 1.54) is 6.42 Å². The van der Waals surface area contributed by atoms with Gasteiger partial charge in [-0.05, 0) is 48.9 Å². The number of nitrogens with zero attached hydrogens (tertiary/aromatic N) is 2. The summed E-state index contributed by atoms with van der Waals surface area (Å²) in [5, 5.41) is 2.93. The van der Waals surface area contributed by atoms with Crippen LogP contribution >= 0.6 is 0 Å². The van der Waals surface area contributed by atoms with Gasteiger partial charge in [-0.1, -0.05) is 19.4 Å². The second-order valence-electron chi connectivity index (χ2n) is 6.49. The molecule has 0 bridgehead atoms. The Labute approximate surface area is 131 Å². The number of hydrogen-bond donors (Lipinski definition) is 1. The van der Waals surface area contributed by atoms with Crippen molar-refractivity contribution in [2.24, 2.45) is 5.41 Å². The zero-order valence-corrected chi connectivity index (χ0v) is 13.1. The van der Waals surface area contributed by atoms with E-state index in [0.717, 1.165) is 29.7 Å². The molecular weight excluding hydrogens is 274 g/mol. The SMILES string of the molecule is Cc1cnc(NC(=O)CC2(C)CCC2)cc1-c1ccccn1. The standard InChI is InChI=1S/C18H21N3O/c1-13-12-20-16(10-14(13)15-6-3-4-9-19-15)21-17(22)11-18(2)7-5-8-18/h3-4,6,9-10,12H,5,7-8,11H2,1-2H3,(H,20,21,22). The highest BCUT2D eigenvalue weighted by Crippen LogP contribution is 2.43. The minimum atomic E-state index is 0.0468. The van der Waals surface area contributed by atoms with Gasteiger partial charge >= 0.3 is 0 Å². The van der Waals surface area contributed by atoms with Gasteiger partial charge in [-0.3, -0.25) is 9.78 Å². The molecule has 0 saturated heterocycles. The Morgan fingerprint density at radius 2 is 2.14 bits per heavy atom. The maximum Gasteiger partial charge on any atom is 0.226 e. The first-order chi connectivity index (χ1) is 10.6. The quantitative estimate of drug-likeness (QED) is 0.928. The summed E-state index contributed by atoms with van der Waals surface area (Å²) in [6, 6.07) is 7.71. The molecule has 2 heterocycles. The van der Waals surface area contributed by atoms with Crippen LogP contribution in [0.5, 0.6) is 0 Å². The number of nitrogens with one attached hydrogen (secondary N) is 1. The molecule has 1 aliphatic carbocycles. The Balaban J connectivity index is 1.76. The van der Waals surface area contributed by atoms with E-state index >= 15 is 0 Å². The number of aryl methyl sites for hydroxylation is 1. The van der Waals surface area contributed by atoms with E-state index in [2.05, 4.69) is 22.2 Å². The van der Waals surface area contributed by atoms with E-state index in [9.17, 15) is 4.79 Å². The smallest absolute Gasteiger partial charge is 0.226 e. The van der Waals surface area contributed by atoms with E-state index < -0.39 is 0 Å². The molecule has 114 valence electrons. The molecule has 22 heavy (non-hydrogen) atoms. The fraction of sp³-hybridized carbons (Fsp3) is 0.389. The molecule has 3 rings (SSSR count). The molecule has 4 heteroatoms. The van der Waals surface area contributed by atoms with Crippen LogP contribution in [0, 0.1) is 12.3 Å². The van der Waals surface area contributed by atoms with Gasteiger partial charge < -0.3 is 5.32 Å². The number of carbonyl (C=O) groups excluding carboxylic acids is 1. The first kappa shape index (κ1) is 14.7. The number of hydrogen-bond acceptors (Lipinski definition) is 3. The largest absolute Gasteiger partial charge is 0.311 e. The van der Waals surface area contributed by atoms with Crippen LogP contribution in [0.2, 0.25) is 0 Å². The summed E-state index contributed by atoms with van der Waals surface area (Å²) in [6.45, 7) is 4.18. The molecule has 1 fully saturated rings. The third-order valence-electron chi connectivity index (χ3n) is 4.46. The summed E-state index contributed by atoms with van der Waals surface area (Å²) in [7, 11) is 0. The van der Waals surface area contributed by atoms with Crippen LogP contribution in [0.4, 0.5) is 5.82 Å². The molecule has 2 aromatic heterocycles. The number of carbonyl (C=O) groups is 1. The molecule has 1 aliphatic rings. The van der Waals surface area contributed by atoms with Crippen LogP contribution in [-0.4, -0.2) is 15.9 Å². The van der Waals surface area contributed by atoms with E-state index in [-0.39, 0.29) is 11.3 Å². The molecule has 0 radical (unpaired) electrons. The lowest BCUT2D eigenvalue weighted by Gasteiger charge is -2.37. The summed E-state index contributed by atoms with van der Waals surface area (Å²) in [6.07, 6.45) is 7.63. The lowest BCUT2D eigenvalue weighted by Crippen LogP contribution is -2.31. The molecular formula is C18H21N3O. The highest BCUT2D eigenvalue weighted by atomic mass is 16.1. The van der Waals surface area contributed by atoms with Crippen LogP contribution in [-0.2, 0) is 4.79 Å². The maximum absolute atomic E-state index is 12.2. The van der Waals surface area contributed by atoms with E-state index in [1.54, 1.807) is 12.4 Å². The number of pyridine rings is 2. The van der Waals surface area contributed by atoms with Crippen LogP contribution in [0.15, 0.2) is 36.7 Å². The Kier molecular flexibility index (Phi) is 3.92. The maximum atomic E-state index is 12.2. The number of amides is 1. The Bertz CT molecular complexity index is 678. The Morgan fingerprint density at radius 3 is 2.77 bits per heavy atom. The van der Waals surface area contributed by atoms with Gasteiger partial charge in [0.1, 0.15) is 5.82 Å². The zero-order chi connectivity index (χ0) is 15.6.